The average Bonchev–Trinajstić information content (AvgIpc) is 3.07. The third kappa shape index (κ3) is 2.66. The number of aryl methyl sites for hydroxylation is 1. The van der Waals surface area contributed by atoms with E-state index in [2.05, 4.69) is 4.99 Å². The number of hydrogen-bond acceptors (Lipinski definition) is 6. The Labute approximate surface area is 129 Å². The molecule has 110 valence electrons. The normalized spacial score (nSPS) is 15.8. The number of benzene rings is 1. The SMILES string of the molecule is Cc1ccsc1/C=C1\N=C(c2ccc([N+](=O)[O-])cc2)OC1=O. The first-order valence-corrected chi connectivity index (χ1v) is 7.24. The highest BCUT2D eigenvalue weighted by atomic mass is 32.1. The maximum Gasteiger partial charge on any atom is 0.363 e. The molecule has 2 aromatic rings. The van der Waals surface area contributed by atoms with Crippen molar-refractivity contribution < 1.29 is 14.5 Å². The molecule has 6 nitrogen and oxygen atoms in total. The summed E-state index contributed by atoms with van der Waals surface area (Å²) in [6.07, 6.45) is 1.68. The number of thiophene rings is 1. The van der Waals surface area contributed by atoms with Gasteiger partial charge in [-0.3, -0.25) is 10.1 Å². The van der Waals surface area contributed by atoms with Crippen molar-refractivity contribution in [2.75, 3.05) is 0 Å². The summed E-state index contributed by atoms with van der Waals surface area (Å²) in [6, 6.07) is 7.65. The van der Waals surface area contributed by atoms with Crippen LogP contribution < -0.4 is 0 Å². The molecule has 0 fully saturated rings. The van der Waals surface area contributed by atoms with E-state index < -0.39 is 10.9 Å². The number of esters is 1. The van der Waals surface area contributed by atoms with E-state index in [4.69, 9.17) is 4.74 Å². The Hall–Kier alpha value is -2.80. The molecule has 0 aliphatic carbocycles. The molecule has 0 atom stereocenters. The fourth-order valence-electron chi connectivity index (χ4n) is 1.91. The van der Waals surface area contributed by atoms with Gasteiger partial charge in [0.2, 0.25) is 5.90 Å². The monoisotopic (exact) mass is 314 g/mol. The first-order valence-electron chi connectivity index (χ1n) is 6.36. The third-order valence-corrected chi connectivity index (χ3v) is 4.08. The van der Waals surface area contributed by atoms with Crippen molar-refractivity contribution in [3.05, 3.63) is 67.5 Å². The summed E-state index contributed by atoms with van der Waals surface area (Å²) in [6.45, 7) is 1.95. The van der Waals surface area contributed by atoms with E-state index in [0.717, 1.165) is 10.4 Å². The lowest BCUT2D eigenvalue weighted by Gasteiger charge is -1.98. The molecule has 3 rings (SSSR count). The van der Waals surface area contributed by atoms with Gasteiger partial charge in [-0.25, -0.2) is 9.79 Å². The summed E-state index contributed by atoms with van der Waals surface area (Å²) < 4.78 is 5.13. The molecule has 2 heterocycles. The highest BCUT2D eigenvalue weighted by Crippen LogP contribution is 2.24. The van der Waals surface area contributed by atoms with Crippen LogP contribution in [0.4, 0.5) is 5.69 Å². The van der Waals surface area contributed by atoms with Crippen LogP contribution in [-0.4, -0.2) is 16.8 Å². The van der Waals surface area contributed by atoms with E-state index in [9.17, 15) is 14.9 Å². The first kappa shape index (κ1) is 14.2. The molecule has 1 aromatic carbocycles. The van der Waals surface area contributed by atoms with Gasteiger partial charge in [0.1, 0.15) is 0 Å². The van der Waals surface area contributed by atoms with Crippen LogP contribution >= 0.6 is 11.3 Å². The van der Waals surface area contributed by atoms with Crippen LogP contribution in [0.15, 0.2) is 46.4 Å². The van der Waals surface area contributed by atoms with Crippen LogP contribution in [0.1, 0.15) is 16.0 Å². The van der Waals surface area contributed by atoms with Gasteiger partial charge in [0.25, 0.3) is 5.69 Å². The number of hydrogen-bond donors (Lipinski definition) is 0. The molecule has 0 saturated carbocycles. The molecule has 0 amide bonds. The molecule has 0 spiro atoms. The topological polar surface area (TPSA) is 81.8 Å². The molecule has 7 heteroatoms. The lowest BCUT2D eigenvalue weighted by Crippen LogP contribution is -2.05. The number of non-ortho nitro benzene ring substituents is 1. The molecular weight excluding hydrogens is 304 g/mol. The number of nitrogens with zero attached hydrogens (tertiary/aromatic N) is 2. The first-order chi connectivity index (χ1) is 10.5. The Balaban J connectivity index is 1.91. The van der Waals surface area contributed by atoms with Gasteiger partial charge >= 0.3 is 5.97 Å². The lowest BCUT2D eigenvalue weighted by molar-refractivity contribution is -0.384. The van der Waals surface area contributed by atoms with Crippen LogP contribution in [0.25, 0.3) is 6.08 Å². The highest BCUT2D eigenvalue weighted by Gasteiger charge is 2.24. The second-order valence-corrected chi connectivity index (χ2v) is 5.56. The summed E-state index contributed by atoms with van der Waals surface area (Å²) in [7, 11) is 0. The van der Waals surface area contributed by atoms with Crippen molar-refractivity contribution in [1.29, 1.82) is 0 Å². The Morgan fingerprint density at radius 2 is 2.00 bits per heavy atom. The molecule has 0 saturated heterocycles. The summed E-state index contributed by atoms with van der Waals surface area (Å²) in [5.41, 5.74) is 1.77. The van der Waals surface area contributed by atoms with E-state index in [-0.39, 0.29) is 17.3 Å². The van der Waals surface area contributed by atoms with Gasteiger partial charge in [-0.2, -0.15) is 0 Å². The van der Waals surface area contributed by atoms with Crippen molar-refractivity contribution in [2.24, 2.45) is 4.99 Å². The highest BCUT2D eigenvalue weighted by molar-refractivity contribution is 7.11. The van der Waals surface area contributed by atoms with Crippen molar-refractivity contribution >= 4 is 35.0 Å². The largest absolute Gasteiger partial charge is 0.402 e. The summed E-state index contributed by atoms with van der Waals surface area (Å²) >= 11 is 1.51. The van der Waals surface area contributed by atoms with Crippen molar-refractivity contribution in [2.45, 2.75) is 6.92 Å². The molecule has 0 radical (unpaired) electrons. The van der Waals surface area contributed by atoms with E-state index >= 15 is 0 Å². The van der Waals surface area contributed by atoms with Crippen LogP contribution in [0.3, 0.4) is 0 Å². The Morgan fingerprint density at radius 3 is 2.59 bits per heavy atom. The summed E-state index contributed by atoms with van der Waals surface area (Å²) in [4.78, 5) is 27.1. The summed E-state index contributed by atoms with van der Waals surface area (Å²) in [5.74, 6) is -0.374. The van der Waals surface area contributed by atoms with Crippen LogP contribution in [0.2, 0.25) is 0 Å². The molecular formula is C15H10N2O4S. The number of carbonyl (C=O) groups excluding carboxylic acids is 1. The molecule has 1 aromatic heterocycles. The fourth-order valence-corrected chi connectivity index (χ4v) is 2.77. The van der Waals surface area contributed by atoms with Crippen LogP contribution in [0.5, 0.6) is 0 Å². The second kappa shape index (κ2) is 5.53. The number of nitro groups is 1. The number of ether oxygens (including phenoxy) is 1. The average molecular weight is 314 g/mol. The molecule has 22 heavy (non-hydrogen) atoms. The van der Waals surface area contributed by atoms with Gasteiger partial charge in [0.15, 0.2) is 5.70 Å². The summed E-state index contributed by atoms with van der Waals surface area (Å²) in [5, 5.41) is 12.6. The van der Waals surface area contributed by atoms with Crippen molar-refractivity contribution in [3.8, 4) is 0 Å². The Morgan fingerprint density at radius 1 is 1.27 bits per heavy atom. The van der Waals surface area contributed by atoms with Gasteiger partial charge in [-0.15, -0.1) is 11.3 Å². The Kier molecular flexibility index (Phi) is 3.56. The number of nitro benzene ring substituents is 1. The van der Waals surface area contributed by atoms with Gasteiger partial charge in [-0.1, -0.05) is 0 Å². The molecule has 1 aliphatic rings. The molecule has 0 bridgehead atoms. The number of rotatable bonds is 3. The maximum absolute atomic E-state index is 11.9. The van der Waals surface area contributed by atoms with Gasteiger partial charge in [0.05, 0.1) is 4.92 Å². The predicted molar refractivity (Wildman–Crippen MR) is 82.8 cm³/mol. The zero-order chi connectivity index (χ0) is 15.7. The predicted octanol–water partition coefficient (Wildman–Crippen LogP) is 3.31. The zero-order valence-corrected chi connectivity index (χ0v) is 12.3. The van der Waals surface area contributed by atoms with E-state index in [1.807, 2.05) is 18.4 Å². The number of cyclic esters (lactones) is 1. The number of carbonyl (C=O) groups is 1. The Bertz CT molecular complexity index is 818. The van der Waals surface area contributed by atoms with E-state index in [1.54, 1.807) is 6.08 Å². The molecule has 1 aliphatic heterocycles. The minimum Gasteiger partial charge on any atom is -0.402 e. The molecule has 0 unspecified atom stereocenters. The second-order valence-electron chi connectivity index (χ2n) is 4.61. The van der Waals surface area contributed by atoms with Crippen LogP contribution in [-0.2, 0) is 9.53 Å². The van der Waals surface area contributed by atoms with Gasteiger partial charge in [-0.05, 0) is 42.1 Å². The molecule has 0 N–H and O–H groups in total. The lowest BCUT2D eigenvalue weighted by atomic mass is 10.2. The number of aliphatic imine (C=N–C) groups is 1. The maximum atomic E-state index is 11.9. The third-order valence-electron chi connectivity index (χ3n) is 3.12. The van der Waals surface area contributed by atoms with Crippen molar-refractivity contribution in [3.63, 3.8) is 0 Å². The minimum atomic E-state index is -0.527. The smallest absolute Gasteiger partial charge is 0.363 e. The van der Waals surface area contributed by atoms with E-state index in [0.29, 0.717) is 5.56 Å². The van der Waals surface area contributed by atoms with E-state index in [1.165, 1.54) is 35.6 Å². The van der Waals surface area contributed by atoms with Crippen molar-refractivity contribution in [1.82, 2.24) is 0 Å². The fraction of sp³-hybridized carbons (Fsp3) is 0.0667. The standard InChI is InChI=1S/C15H10N2O4S/c1-9-6-7-22-13(9)8-12-15(18)21-14(16-12)10-2-4-11(5-3-10)17(19)20/h2-8H,1H3/b12-8-. The quantitative estimate of drug-likeness (QED) is 0.377. The zero-order valence-electron chi connectivity index (χ0n) is 11.5. The van der Waals surface area contributed by atoms with Gasteiger partial charge < -0.3 is 4.74 Å². The van der Waals surface area contributed by atoms with Crippen LogP contribution in [0, 0.1) is 17.0 Å². The minimum absolute atomic E-state index is 0.0290. The van der Waals surface area contributed by atoms with Gasteiger partial charge in [0, 0.05) is 22.6 Å².